The largest absolute Gasteiger partial charge is 0.365 e. The maximum Gasteiger partial charge on any atom is 0.229 e. The number of hydrogen-bond donors (Lipinski definition) is 4. The third kappa shape index (κ3) is 5.01. The second kappa shape index (κ2) is 8.59. The van der Waals surface area contributed by atoms with Crippen LogP contribution >= 0.6 is 12.2 Å². The van der Waals surface area contributed by atoms with E-state index in [9.17, 15) is 0 Å². The van der Waals surface area contributed by atoms with Crippen molar-refractivity contribution < 1.29 is 0 Å². The van der Waals surface area contributed by atoms with Gasteiger partial charge in [0.1, 0.15) is 0 Å². The van der Waals surface area contributed by atoms with Crippen molar-refractivity contribution >= 4 is 40.1 Å². The number of hydrogen-bond acceptors (Lipinski definition) is 4. The fourth-order valence-corrected chi connectivity index (χ4v) is 2.89. The van der Waals surface area contributed by atoms with Crippen LogP contribution in [0.4, 0.5) is 5.95 Å². The molecule has 0 spiro atoms. The van der Waals surface area contributed by atoms with Gasteiger partial charge in [0.25, 0.3) is 0 Å². The SMILES string of the molecule is CNC(=S)NC(=NCCc1c[nH]c2ccccc12)Nc1nc(C)cc(C)n1. The van der Waals surface area contributed by atoms with E-state index in [4.69, 9.17) is 12.2 Å². The van der Waals surface area contributed by atoms with Gasteiger partial charge in [0.05, 0.1) is 0 Å². The lowest BCUT2D eigenvalue weighted by Crippen LogP contribution is -2.41. The molecule has 3 rings (SSSR count). The van der Waals surface area contributed by atoms with Gasteiger partial charge in [0.15, 0.2) is 5.11 Å². The van der Waals surface area contributed by atoms with Gasteiger partial charge in [-0.3, -0.25) is 10.3 Å². The number of guanidine groups is 1. The average Bonchev–Trinajstić information content (AvgIpc) is 3.04. The monoisotopic (exact) mass is 381 g/mol. The molecule has 0 radical (unpaired) electrons. The van der Waals surface area contributed by atoms with E-state index in [0.717, 1.165) is 23.3 Å². The number of nitrogens with one attached hydrogen (secondary N) is 4. The van der Waals surface area contributed by atoms with Gasteiger partial charge < -0.3 is 15.6 Å². The summed E-state index contributed by atoms with van der Waals surface area (Å²) in [6.07, 6.45) is 2.84. The van der Waals surface area contributed by atoms with Gasteiger partial charge in [-0.1, -0.05) is 18.2 Å². The van der Waals surface area contributed by atoms with Gasteiger partial charge >= 0.3 is 0 Å². The number of aryl methyl sites for hydroxylation is 2. The van der Waals surface area contributed by atoms with E-state index in [2.05, 4.69) is 48.0 Å². The minimum atomic E-state index is 0.470. The third-order valence-electron chi connectivity index (χ3n) is 4.00. The van der Waals surface area contributed by atoms with E-state index < -0.39 is 0 Å². The first-order valence-electron chi connectivity index (χ1n) is 8.72. The molecule has 0 saturated heterocycles. The molecule has 2 aromatic heterocycles. The average molecular weight is 382 g/mol. The minimum absolute atomic E-state index is 0.470. The number of fused-ring (bicyclic) bond motifs is 1. The van der Waals surface area contributed by atoms with Crippen molar-refractivity contribution in [3.8, 4) is 0 Å². The Balaban J connectivity index is 1.74. The van der Waals surface area contributed by atoms with E-state index in [-0.39, 0.29) is 0 Å². The number of nitrogens with zero attached hydrogens (tertiary/aromatic N) is 3. The summed E-state index contributed by atoms with van der Waals surface area (Å²) in [4.78, 5) is 16.7. The zero-order chi connectivity index (χ0) is 19.2. The summed E-state index contributed by atoms with van der Waals surface area (Å²) in [5.74, 6) is 1.00. The molecular weight excluding hydrogens is 358 g/mol. The number of thiocarbonyl (C=S) groups is 1. The molecule has 0 saturated carbocycles. The van der Waals surface area contributed by atoms with Gasteiger partial charge in [-0.15, -0.1) is 0 Å². The summed E-state index contributed by atoms with van der Waals surface area (Å²) in [5.41, 5.74) is 4.14. The number of aromatic amines is 1. The molecule has 3 aromatic rings. The van der Waals surface area contributed by atoms with Gasteiger partial charge in [0, 0.05) is 42.1 Å². The first kappa shape index (κ1) is 18.8. The zero-order valence-electron chi connectivity index (χ0n) is 15.6. The van der Waals surface area contributed by atoms with Crippen LogP contribution in [0.5, 0.6) is 0 Å². The van der Waals surface area contributed by atoms with Crippen molar-refractivity contribution in [3.63, 3.8) is 0 Å². The second-order valence-corrected chi connectivity index (χ2v) is 6.55. The number of aromatic nitrogens is 3. The van der Waals surface area contributed by atoms with Gasteiger partial charge in [-0.05, 0) is 50.2 Å². The highest BCUT2D eigenvalue weighted by atomic mass is 32.1. The number of H-pyrrole nitrogens is 1. The maximum absolute atomic E-state index is 5.20. The van der Waals surface area contributed by atoms with E-state index in [1.54, 1.807) is 7.05 Å². The molecular formula is C19H23N7S. The molecule has 0 aliphatic rings. The van der Waals surface area contributed by atoms with E-state index >= 15 is 0 Å². The van der Waals surface area contributed by atoms with Crippen molar-refractivity contribution in [2.24, 2.45) is 4.99 Å². The quantitative estimate of drug-likeness (QED) is 0.316. The normalized spacial score (nSPS) is 11.4. The third-order valence-corrected chi connectivity index (χ3v) is 4.30. The lowest BCUT2D eigenvalue weighted by molar-refractivity contribution is 0.959. The first-order valence-corrected chi connectivity index (χ1v) is 9.13. The summed E-state index contributed by atoms with van der Waals surface area (Å²) in [6.45, 7) is 4.45. The fraction of sp³-hybridized carbons (Fsp3) is 0.263. The van der Waals surface area contributed by atoms with Crippen LogP contribution in [0.3, 0.4) is 0 Å². The number of aliphatic imine (C=N–C) groups is 1. The Morgan fingerprint density at radius 3 is 2.67 bits per heavy atom. The molecule has 0 atom stereocenters. The van der Waals surface area contributed by atoms with Crippen molar-refractivity contribution in [1.29, 1.82) is 0 Å². The standard InChI is InChI=1S/C19H23N7S/c1-12-10-13(2)24-18(23-12)25-17(26-19(27)20-3)21-9-8-14-11-22-16-7-5-4-6-15(14)16/h4-7,10-11,22H,8-9H2,1-3H3,(H3,20,21,23,24,25,26,27). The Bertz CT molecular complexity index is 957. The summed E-state index contributed by atoms with van der Waals surface area (Å²) in [7, 11) is 1.76. The van der Waals surface area contributed by atoms with Gasteiger partial charge in [0.2, 0.25) is 11.9 Å². The Hall–Kier alpha value is -3.00. The van der Waals surface area contributed by atoms with Crippen molar-refractivity contribution in [2.75, 3.05) is 18.9 Å². The first-order chi connectivity index (χ1) is 13.0. The molecule has 0 aliphatic carbocycles. The Morgan fingerprint density at radius 2 is 1.93 bits per heavy atom. The second-order valence-electron chi connectivity index (χ2n) is 6.14. The van der Waals surface area contributed by atoms with Crippen LogP contribution in [0.15, 0.2) is 41.5 Å². The molecule has 7 nitrogen and oxygen atoms in total. The summed E-state index contributed by atoms with van der Waals surface area (Å²) >= 11 is 5.20. The van der Waals surface area contributed by atoms with E-state index in [0.29, 0.717) is 23.6 Å². The molecule has 140 valence electrons. The van der Waals surface area contributed by atoms with Crippen LogP contribution < -0.4 is 16.0 Å². The van der Waals surface area contributed by atoms with Crippen molar-refractivity contribution in [2.45, 2.75) is 20.3 Å². The molecule has 4 N–H and O–H groups in total. The minimum Gasteiger partial charge on any atom is -0.365 e. The Labute approximate surface area is 163 Å². The predicted octanol–water partition coefficient (Wildman–Crippen LogP) is 2.68. The summed E-state index contributed by atoms with van der Waals surface area (Å²) < 4.78 is 0. The maximum atomic E-state index is 5.20. The molecule has 8 heteroatoms. The molecule has 0 fully saturated rings. The van der Waals surface area contributed by atoms with Crippen LogP contribution in [0.2, 0.25) is 0 Å². The molecule has 0 bridgehead atoms. The molecule has 0 amide bonds. The lowest BCUT2D eigenvalue weighted by atomic mass is 10.1. The highest BCUT2D eigenvalue weighted by Crippen LogP contribution is 2.18. The smallest absolute Gasteiger partial charge is 0.229 e. The van der Waals surface area contributed by atoms with Crippen LogP contribution in [0, 0.1) is 13.8 Å². The molecule has 0 aliphatic heterocycles. The number of benzene rings is 1. The van der Waals surface area contributed by atoms with Crippen molar-refractivity contribution in [3.05, 3.63) is 53.5 Å². The lowest BCUT2D eigenvalue weighted by Gasteiger charge is -2.12. The highest BCUT2D eigenvalue weighted by molar-refractivity contribution is 7.80. The Kier molecular flexibility index (Phi) is 5.97. The highest BCUT2D eigenvalue weighted by Gasteiger charge is 2.07. The van der Waals surface area contributed by atoms with E-state index in [1.807, 2.05) is 38.2 Å². The number of anilines is 1. The van der Waals surface area contributed by atoms with Crippen molar-refractivity contribution in [1.82, 2.24) is 25.6 Å². The molecule has 0 unspecified atom stereocenters. The topological polar surface area (TPSA) is 90.0 Å². The van der Waals surface area contributed by atoms with Crippen LogP contribution in [-0.2, 0) is 6.42 Å². The van der Waals surface area contributed by atoms with E-state index in [1.165, 1.54) is 10.9 Å². The predicted molar refractivity (Wildman–Crippen MR) is 114 cm³/mol. The molecule has 2 heterocycles. The summed E-state index contributed by atoms with van der Waals surface area (Å²) in [5, 5.41) is 10.7. The number of para-hydroxylation sites is 1. The summed E-state index contributed by atoms with van der Waals surface area (Å²) in [6, 6.07) is 10.2. The van der Waals surface area contributed by atoms with Crippen LogP contribution in [0.25, 0.3) is 10.9 Å². The van der Waals surface area contributed by atoms with Gasteiger partial charge in [-0.2, -0.15) is 0 Å². The molecule has 27 heavy (non-hydrogen) atoms. The van der Waals surface area contributed by atoms with Crippen LogP contribution in [-0.4, -0.2) is 39.6 Å². The Morgan fingerprint density at radius 1 is 1.19 bits per heavy atom. The zero-order valence-corrected chi connectivity index (χ0v) is 16.4. The molecule has 1 aromatic carbocycles. The number of rotatable bonds is 4. The van der Waals surface area contributed by atoms with Crippen LogP contribution in [0.1, 0.15) is 17.0 Å². The van der Waals surface area contributed by atoms with Gasteiger partial charge in [-0.25, -0.2) is 9.97 Å². The fourth-order valence-electron chi connectivity index (χ4n) is 2.79.